The maximum absolute atomic E-state index is 12.2. The molecule has 7 heteroatoms. The number of aromatic nitrogens is 1. The second-order valence-corrected chi connectivity index (χ2v) is 6.27. The average molecular weight is 352 g/mol. The second-order valence-electron chi connectivity index (χ2n) is 6.27. The Morgan fingerprint density at radius 3 is 2.36 bits per heavy atom. The summed E-state index contributed by atoms with van der Waals surface area (Å²) < 4.78 is 40.4. The Morgan fingerprint density at radius 2 is 1.72 bits per heavy atom. The van der Waals surface area contributed by atoms with Crippen LogP contribution in [0.3, 0.4) is 0 Å². The lowest BCUT2D eigenvalue weighted by Gasteiger charge is -2.16. The number of aliphatic hydroxyl groups excluding tert-OH is 1. The SMILES string of the molecule is O[C@@H]1CN(Cc2ccc(OC(F)(F)F)cc2)C[C@H]1Cc1ccncc1. The van der Waals surface area contributed by atoms with E-state index in [1.54, 1.807) is 24.5 Å². The van der Waals surface area contributed by atoms with E-state index in [2.05, 4.69) is 14.6 Å². The molecule has 25 heavy (non-hydrogen) atoms. The van der Waals surface area contributed by atoms with Crippen LogP contribution in [-0.4, -0.2) is 40.5 Å². The van der Waals surface area contributed by atoms with Gasteiger partial charge in [0.15, 0.2) is 0 Å². The zero-order valence-electron chi connectivity index (χ0n) is 13.5. The van der Waals surface area contributed by atoms with Gasteiger partial charge in [-0.15, -0.1) is 13.2 Å². The predicted molar refractivity (Wildman–Crippen MR) is 85.8 cm³/mol. The van der Waals surface area contributed by atoms with E-state index in [4.69, 9.17) is 0 Å². The van der Waals surface area contributed by atoms with E-state index in [9.17, 15) is 18.3 Å². The van der Waals surface area contributed by atoms with Crippen LogP contribution in [0.1, 0.15) is 11.1 Å². The van der Waals surface area contributed by atoms with Crippen LogP contribution in [0, 0.1) is 5.92 Å². The van der Waals surface area contributed by atoms with Gasteiger partial charge in [-0.25, -0.2) is 0 Å². The Kier molecular flexibility index (Phi) is 5.24. The first-order chi connectivity index (χ1) is 11.9. The van der Waals surface area contributed by atoms with Crippen LogP contribution in [0.5, 0.6) is 5.75 Å². The first kappa shape index (κ1) is 17.7. The van der Waals surface area contributed by atoms with Gasteiger partial charge in [0.2, 0.25) is 0 Å². The minimum atomic E-state index is -4.68. The van der Waals surface area contributed by atoms with Crippen molar-refractivity contribution in [3.8, 4) is 5.75 Å². The van der Waals surface area contributed by atoms with Gasteiger partial charge in [0.1, 0.15) is 5.75 Å². The van der Waals surface area contributed by atoms with E-state index in [0.717, 1.165) is 24.1 Å². The number of benzene rings is 1. The van der Waals surface area contributed by atoms with Crippen molar-refractivity contribution in [2.24, 2.45) is 5.92 Å². The molecule has 1 N–H and O–H groups in total. The van der Waals surface area contributed by atoms with Gasteiger partial charge in [-0.2, -0.15) is 0 Å². The normalized spacial score (nSPS) is 21.4. The Labute approximate surface area is 143 Å². The molecule has 0 radical (unpaired) electrons. The molecule has 1 saturated heterocycles. The number of hydrogen-bond acceptors (Lipinski definition) is 4. The topological polar surface area (TPSA) is 45.6 Å². The molecule has 0 bridgehead atoms. The van der Waals surface area contributed by atoms with Gasteiger partial charge in [-0.05, 0) is 41.8 Å². The zero-order valence-corrected chi connectivity index (χ0v) is 13.5. The fourth-order valence-electron chi connectivity index (χ4n) is 3.15. The van der Waals surface area contributed by atoms with Gasteiger partial charge in [-0.3, -0.25) is 9.88 Å². The third kappa shape index (κ3) is 5.17. The number of ether oxygens (including phenoxy) is 1. The average Bonchev–Trinajstić information content (AvgIpc) is 2.88. The highest BCUT2D eigenvalue weighted by atomic mass is 19.4. The summed E-state index contributed by atoms with van der Waals surface area (Å²) in [5.74, 6) is -0.0940. The summed E-state index contributed by atoms with van der Waals surface area (Å²) in [6.45, 7) is 1.87. The summed E-state index contributed by atoms with van der Waals surface area (Å²) in [7, 11) is 0. The summed E-state index contributed by atoms with van der Waals surface area (Å²) in [5, 5.41) is 10.3. The molecule has 2 heterocycles. The number of aliphatic hydroxyl groups is 1. The largest absolute Gasteiger partial charge is 0.573 e. The minimum absolute atomic E-state index is 0.134. The lowest BCUT2D eigenvalue weighted by molar-refractivity contribution is -0.274. The predicted octanol–water partition coefficient (Wildman–Crippen LogP) is 3.02. The van der Waals surface area contributed by atoms with Crippen molar-refractivity contribution in [2.75, 3.05) is 13.1 Å². The molecular weight excluding hydrogens is 333 g/mol. The van der Waals surface area contributed by atoms with Crippen LogP contribution in [0.2, 0.25) is 0 Å². The van der Waals surface area contributed by atoms with Crippen LogP contribution in [0.4, 0.5) is 13.2 Å². The van der Waals surface area contributed by atoms with Crippen molar-refractivity contribution in [1.29, 1.82) is 0 Å². The van der Waals surface area contributed by atoms with Gasteiger partial charge in [0.05, 0.1) is 6.10 Å². The van der Waals surface area contributed by atoms with Crippen LogP contribution in [0.25, 0.3) is 0 Å². The fourth-order valence-corrected chi connectivity index (χ4v) is 3.15. The number of likely N-dealkylation sites (tertiary alicyclic amines) is 1. The first-order valence-electron chi connectivity index (χ1n) is 8.03. The highest BCUT2D eigenvalue weighted by Gasteiger charge is 2.32. The van der Waals surface area contributed by atoms with E-state index in [-0.39, 0.29) is 11.7 Å². The fraction of sp³-hybridized carbons (Fsp3) is 0.389. The van der Waals surface area contributed by atoms with Gasteiger partial charge < -0.3 is 9.84 Å². The summed E-state index contributed by atoms with van der Waals surface area (Å²) >= 11 is 0. The van der Waals surface area contributed by atoms with Crippen LogP contribution < -0.4 is 4.74 Å². The maximum Gasteiger partial charge on any atom is 0.573 e. The maximum atomic E-state index is 12.2. The van der Waals surface area contributed by atoms with E-state index < -0.39 is 12.5 Å². The molecule has 1 aliphatic rings. The molecule has 1 fully saturated rings. The molecule has 2 atom stereocenters. The van der Waals surface area contributed by atoms with Crippen molar-refractivity contribution < 1.29 is 23.0 Å². The number of rotatable bonds is 5. The van der Waals surface area contributed by atoms with Gasteiger partial charge >= 0.3 is 6.36 Å². The molecule has 2 aromatic rings. The molecule has 0 unspecified atom stereocenters. The molecule has 0 amide bonds. The monoisotopic (exact) mass is 352 g/mol. The van der Waals surface area contributed by atoms with E-state index in [1.807, 2.05) is 12.1 Å². The van der Waals surface area contributed by atoms with Crippen LogP contribution in [0.15, 0.2) is 48.8 Å². The summed E-state index contributed by atoms with van der Waals surface area (Å²) in [5.41, 5.74) is 2.01. The standard InChI is InChI=1S/C18H19F3N2O2/c19-18(20,21)25-16-3-1-14(2-4-16)10-23-11-15(17(24)12-23)9-13-5-7-22-8-6-13/h1-8,15,17,24H,9-12H2/t15-,17-/m1/s1. The molecule has 134 valence electrons. The number of alkyl halides is 3. The molecule has 1 aromatic heterocycles. The van der Waals surface area contributed by atoms with E-state index in [0.29, 0.717) is 13.1 Å². The Hall–Kier alpha value is -2.12. The number of nitrogens with zero attached hydrogens (tertiary/aromatic N) is 2. The Morgan fingerprint density at radius 1 is 1.04 bits per heavy atom. The minimum Gasteiger partial charge on any atom is -0.406 e. The number of hydrogen-bond donors (Lipinski definition) is 1. The molecule has 0 aliphatic carbocycles. The molecule has 0 spiro atoms. The van der Waals surface area contributed by atoms with E-state index in [1.165, 1.54) is 12.1 Å². The molecule has 1 aromatic carbocycles. The van der Waals surface area contributed by atoms with E-state index >= 15 is 0 Å². The third-order valence-electron chi connectivity index (χ3n) is 4.29. The van der Waals surface area contributed by atoms with Gasteiger partial charge in [0.25, 0.3) is 0 Å². The summed E-state index contributed by atoms with van der Waals surface area (Å²) in [4.78, 5) is 6.09. The van der Waals surface area contributed by atoms with Gasteiger partial charge in [0, 0.05) is 37.9 Å². The quantitative estimate of drug-likeness (QED) is 0.899. The van der Waals surface area contributed by atoms with Crippen LogP contribution in [-0.2, 0) is 13.0 Å². The van der Waals surface area contributed by atoms with Crippen molar-refractivity contribution in [3.63, 3.8) is 0 Å². The summed E-state index contributed by atoms with van der Waals surface area (Å²) in [6, 6.07) is 9.73. The molecule has 1 aliphatic heterocycles. The lowest BCUT2D eigenvalue weighted by atomic mass is 9.97. The zero-order chi connectivity index (χ0) is 17.9. The number of halogens is 3. The Balaban J connectivity index is 1.55. The van der Waals surface area contributed by atoms with Crippen LogP contribution >= 0.6 is 0 Å². The second kappa shape index (κ2) is 7.41. The molecule has 3 rings (SSSR count). The Bertz CT molecular complexity index is 677. The van der Waals surface area contributed by atoms with Gasteiger partial charge in [-0.1, -0.05) is 12.1 Å². The van der Waals surface area contributed by atoms with Crippen molar-refractivity contribution in [3.05, 3.63) is 59.9 Å². The third-order valence-corrected chi connectivity index (χ3v) is 4.29. The molecule has 0 saturated carbocycles. The molecule has 4 nitrogen and oxygen atoms in total. The lowest BCUT2D eigenvalue weighted by Crippen LogP contribution is -2.21. The molecular formula is C18H19F3N2O2. The number of β-amino-alcohol motifs (C(OH)–C–C–N with tert-alkyl or cyclic N) is 1. The smallest absolute Gasteiger partial charge is 0.406 e. The number of pyridine rings is 1. The highest BCUT2D eigenvalue weighted by Crippen LogP contribution is 2.25. The van der Waals surface area contributed by atoms with Crippen molar-refractivity contribution >= 4 is 0 Å². The first-order valence-corrected chi connectivity index (χ1v) is 8.03. The van der Waals surface area contributed by atoms with Crippen molar-refractivity contribution in [1.82, 2.24) is 9.88 Å². The van der Waals surface area contributed by atoms with Crippen molar-refractivity contribution in [2.45, 2.75) is 25.4 Å². The summed E-state index contributed by atoms with van der Waals surface area (Å²) in [6.07, 6.45) is -0.849. The highest BCUT2D eigenvalue weighted by molar-refractivity contribution is 5.27.